The fourth-order valence-corrected chi connectivity index (χ4v) is 2.85. The van der Waals surface area contributed by atoms with Crippen LogP contribution in [0, 0.1) is 0 Å². The number of carbonyl (C=O) groups excluding carboxylic acids is 3. The maximum atomic E-state index is 12.6. The minimum absolute atomic E-state index is 0.0402. The summed E-state index contributed by atoms with van der Waals surface area (Å²) >= 11 is 0. The third-order valence-corrected chi connectivity index (χ3v) is 4.30. The van der Waals surface area contributed by atoms with Crippen molar-refractivity contribution in [2.24, 2.45) is 0 Å². The van der Waals surface area contributed by atoms with E-state index in [-0.39, 0.29) is 24.8 Å². The predicted molar refractivity (Wildman–Crippen MR) is 97.2 cm³/mol. The maximum Gasteiger partial charge on any atom is 0.307 e. The van der Waals surface area contributed by atoms with Crippen molar-refractivity contribution in [2.45, 2.75) is 32.4 Å². The van der Waals surface area contributed by atoms with Gasteiger partial charge < -0.3 is 15.0 Å². The molecule has 0 bridgehead atoms. The van der Waals surface area contributed by atoms with E-state index >= 15 is 0 Å². The average molecular weight is 361 g/mol. The molecular weight excluding hydrogens is 334 g/mol. The number of nitrogens with zero attached hydrogens (tertiary/aromatic N) is 2. The first kappa shape index (κ1) is 19.9. The number of hydrogen-bond acceptors (Lipinski definition) is 5. The van der Waals surface area contributed by atoms with Gasteiger partial charge in [-0.25, -0.2) is 0 Å². The van der Waals surface area contributed by atoms with Crippen LogP contribution >= 0.6 is 0 Å². The van der Waals surface area contributed by atoms with Crippen LogP contribution in [-0.4, -0.2) is 66.9 Å². The van der Waals surface area contributed by atoms with Gasteiger partial charge in [-0.15, -0.1) is 0 Å². The van der Waals surface area contributed by atoms with Crippen LogP contribution in [-0.2, 0) is 25.7 Å². The zero-order chi connectivity index (χ0) is 18.9. The van der Waals surface area contributed by atoms with E-state index in [4.69, 9.17) is 4.74 Å². The third-order valence-electron chi connectivity index (χ3n) is 4.30. The highest BCUT2D eigenvalue weighted by molar-refractivity contribution is 5.88. The Balaban J connectivity index is 1.94. The number of carbonyl (C=O) groups is 3. The molecule has 0 saturated carbocycles. The number of piperazine rings is 1. The van der Waals surface area contributed by atoms with E-state index in [2.05, 4.69) is 5.32 Å². The lowest BCUT2D eigenvalue weighted by molar-refractivity contribution is -0.149. The molecule has 2 rings (SSSR count). The summed E-state index contributed by atoms with van der Waals surface area (Å²) in [5.74, 6) is -0.734. The maximum absolute atomic E-state index is 12.6. The van der Waals surface area contributed by atoms with Crippen LogP contribution in [0.3, 0.4) is 0 Å². The quantitative estimate of drug-likeness (QED) is 0.693. The van der Waals surface area contributed by atoms with E-state index in [1.807, 2.05) is 37.3 Å². The molecule has 26 heavy (non-hydrogen) atoms. The summed E-state index contributed by atoms with van der Waals surface area (Å²) in [4.78, 5) is 40.0. The molecule has 0 aromatic heterocycles. The smallest absolute Gasteiger partial charge is 0.307 e. The van der Waals surface area contributed by atoms with E-state index in [0.29, 0.717) is 26.2 Å². The highest BCUT2D eigenvalue weighted by Crippen LogP contribution is 2.11. The summed E-state index contributed by atoms with van der Waals surface area (Å²) < 4.78 is 5.08. The number of benzene rings is 1. The van der Waals surface area contributed by atoms with Gasteiger partial charge in [0.1, 0.15) is 6.04 Å². The van der Waals surface area contributed by atoms with Gasteiger partial charge in [-0.3, -0.25) is 19.3 Å². The van der Waals surface area contributed by atoms with Crippen LogP contribution in [0.2, 0.25) is 0 Å². The van der Waals surface area contributed by atoms with Gasteiger partial charge in [-0.2, -0.15) is 0 Å². The van der Waals surface area contributed by atoms with Crippen molar-refractivity contribution in [1.82, 2.24) is 15.1 Å². The lowest BCUT2D eigenvalue weighted by Crippen LogP contribution is -2.58. The van der Waals surface area contributed by atoms with Crippen molar-refractivity contribution >= 4 is 17.8 Å². The Labute approximate surface area is 154 Å². The topological polar surface area (TPSA) is 79.0 Å². The van der Waals surface area contributed by atoms with Crippen LogP contribution in [0.4, 0.5) is 0 Å². The molecule has 1 aliphatic heterocycles. The molecule has 1 fully saturated rings. The fourth-order valence-electron chi connectivity index (χ4n) is 2.85. The van der Waals surface area contributed by atoms with Crippen LogP contribution in [0.25, 0.3) is 0 Å². The molecule has 1 atom stereocenters. The lowest BCUT2D eigenvalue weighted by atomic mass is 10.1. The molecule has 2 amide bonds. The third kappa shape index (κ3) is 5.84. The molecule has 0 radical (unpaired) electrons. The van der Waals surface area contributed by atoms with Crippen LogP contribution < -0.4 is 5.32 Å². The zero-order valence-electron chi connectivity index (χ0n) is 15.4. The van der Waals surface area contributed by atoms with Crippen molar-refractivity contribution < 1.29 is 19.1 Å². The second-order valence-corrected chi connectivity index (χ2v) is 6.44. The Hall–Kier alpha value is -2.41. The summed E-state index contributed by atoms with van der Waals surface area (Å²) in [5.41, 5.74) is 1.04. The standard InChI is InChI=1S/C19H27N3O4/c1-3-11-26-18(24)12-16-19(25)20-9-10-22(16)14-17(23)21(2)13-15-7-5-4-6-8-15/h4-8,16H,3,9-14H2,1-2H3,(H,20,25). The number of rotatable bonds is 8. The molecule has 1 N–H and O–H groups in total. The van der Waals surface area contributed by atoms with E-state index in [9.17, 15) is 14.4 Å². The van der Waals surface area contributed by atoms with E-state index in [1.165, 1.54) is 0 Å². The SMILES string of the molecule is CCCOC(=O)CC1C(=O)NCCN1CC(=O)N(C)Cc1ccccc1. The number of ether oxygens (including phenoxy) is 1. The first-order chi connectivity index (χ1) is 12.5. The first-order valence-corrected chi connectivity index (χ1v) is 8.96. The Morgan fingerprint density at radius 3 is 2.73 bits per heavy atom. The largest absolute Gasteiger partial charge is 0.466 e. The molecule has 7 nitrogen and oxygen atoms in total. The van der Waals surface area contributed by atoms with Gasteiger partial charge in [0.05, 0.1) is 19.6 Å². The molecule has 1 aromatic rings. The molecule has 1 aliphatic rings. The fraction of sp³-hybridized carbons (Fsp3) is 0.526. The average Bonchev–Trinajstić information content (AvgIpc) is 2.63. The summed E-state index contributed by atoms with van der Waals surface area (Å²) in [6.07, 6.45) is 0.691. The van der Waals surface area contributed by atoms with E-state index in [1.54, 1.807) is 16.8 Å². The highest BCUT2D eigenvalue weighted by Gasteiger charge is 2.33. The first-order valence-electron chi connectivity index (χ1n) is 8.96. The Kier molecular flexibility index (Phi) is 7.59. The van der Waals surface area contributed by atoms with Crippen molar-refractivity contribution in [1.29, 1.82) is 0 Å². The molecule has 1 heterocycles. The number of esters is 1. The minimum Gasteiger partial charge on any atom is -0.466 e. The second kappa shape index (κ2) is 9.91. The monoisotopic (exact) mass is 361 g/mol. The minimum atomic E-state index is -0.665. The molecule has 142 valence electrons. The van der Waals surface area contributed by atoms with Crippen molar-refractivity contribution in [2.75, 3.05) is 33.3 Å². The Bertz CT molecular complexity index is 620. The highest BCUT2D eigenvalue weighted by atomic mass is 16.5. The number of nitrogens with one attached hydrogen (secondary N) is 1. The van der Waals surface area contributed by atoms with Crippen molar-refractivity contribution in [3.63, 3.8) is 0 Å². The molecule has 0 aliphatic carbocycles. The van der Waals surface area contributed by atoms with Gasteiger partial charge in [0.25, 0.3) is 0 Å². The second-order valence-electron chi connectivity index (χ2n) is 6.44. The predicted octanol–water partition coefficient (Wildman–Crippen LogP) is 0.789. The van der Waals surface area contributed by atoms with Crippen LogP contribution in [0.15, 0.2) is 30.3 Å². The summed E-state index contributed by atoms with van der Waals surface area (Å²) in [7, 11) is 1.74. The van der Waals surface area contributed by atoms with Gasteiger partial charge >= 0.3 is 5.97 Å². The van der Waals surface area contributed by atoms with E-state index < -0.39 is 12.0 Å². The van der Waals surface area contributed by atoms with Crippen molar-refractivity contribution in [3.05, 3.63) is 35.9 Å². The molecule has 7 heteroatoms. The molecular formula is C19H27N3O4. The molecule has 0 spiro atoms. The van der Waals surface area contributed by atoms with Crippen LogP contribution in [0.1, 0.15) is 25.3 Å². The number of amides is 2. The summed E-state index contributed by atoms with van der Waals surface area (Å²) in [6.45, 7) is 3.85. The van der Waals surface area contributed by atoms with Gasteiger partial charge in [0, 0.05) is 26.7 Å². The lowest BCUT2D eigenvalue weighted by Gasteiger charge is -2.34. The Morgan fingerprint density at radius 1 is 1.31 bits per heavy atom. The van der Waals surface area contributed by atoms with Gasteiger partial charge in [-0.05, 0) is 12.0 Å². The number of hydrogen-bond donors (Lipinski definition) is 1. The molecule has 1 aromatic carbocycles. The van der Waals surface area contributed by atoms with E-state index in [0.717, 1.165) is 12.0 Å². The summed E-state index contributed by atoms with van der Waals surface area (Å²) in [5, 5.41) is 2.75. The number of likely N-dealkylation sites (N-methyl/N-ethyl adjacent to an activating group) is 1. The van der Waals surface area contributed by atoms with Crippen molar-refractivity contribution in [3.8, 4) is 0 Å². The van der Waals surface area contributed by atoms with Gasteiger partial charge in [0.2, 0.25) is 11.8 Å². The van der Waals surface area contributed by atoms with Crippen LogP contribution in [0.5, 0.6) is 0 Å². The normalized spacial score (nSPS) is 17.5. The van der Waals surface area contributed by atoms with Gasteiger partial charge in [0.15, 0.2) is 0 Å². The molecule has 1 saturated heterocycles. The zero-order valence-corrected chi connectivity index (χ0v) is 15.4. The summed E-state index contributed by atoms with van der Waals surface area (Å²) in [6, 6.07) is 9.05. The Morgan fingerprint density at radius 2 is 2.04 bits per heavy atom. The van der Waals surface area contributed by atoms with Gasteiger partial charge in [-0.1, -0.05) is 37.3 Å². The molecule has 1 unspecified atom stereocenters.